The largest absolute Gasteiger partial charge is 0.0654 e. The van der Waals surface area contributed by atoms with Crippen LogP contribution in [0.1, 0.15) is 47.9 Å². The first-order valence-electron chi connectivity index (χ1n) is 10.6. The standard InChI is InChI=1S/C29H28/c1-2-15-28(24-16-7-3-8-17-24)29(25-18-9-4-10-19-25,26-20-11-5-12-21-26)27-22-13-6-14-23-27/h3-14,16-23,28H,2,15H2,1H3. The van der Waals surface area contributed by atoms with Crippen LogP contribution in [0, 0.1) is 0 Å². The first kappa shape index (κ1) is 19.2. The average molecular weight is 377 g/mol. The van der Waals surface area contributed by atoms with E-state index in [4.69, 9.17) is 0 Å². The summed E-state index contributed by atoms with van der Waals surface area (Å²) in [6.45, 7) is 2.29. The molecule has 0 spiro atoms. The molecular formula is C29H28. The van der Waals surface area contributed by atoms with Crippen molar-refractivity contribution in [1.82, 2.24) is 0 Å². The summed E-state index contributed by atoms with van der Waals surface area (Å²) in [7, 11) is 0. The Kier molecular flexibility index (Phi) is 5.91. The van der Waals surface area contributed by atoms with Gasteiger partial charge in [0.05, 0.1) is 5.41 Å². The summed E-state index contributed by atoms with van der Waals surface area (Å²) in [6.07, 6.45) is 2.25. The molecule has 0 N–H and O–H groups in total. The molecule has 0 radical (unpaired) electrons. The Balaban J connectivity index is 2.10. The van der Waals surface area contributed by atoms with Gasteiger partial charge in [-0.3, -0.25) is 0 Å². The van der Waals surface area contributed by atoms with Gasteiger partial charge in [-0.25, -0.2) is 0 Å². The van der Waals surface area contributed by atoms with Crippen molar-refractivity contribution in [2.45, 2.75) is 31.1 Å². The highest BCUT2D eigenvalue weighted by molar-refractivity contribution is 5.54. The Labute approximate surface area is 174 Å². The Bertz CT molecular complexity index is 892. The van der Waals surface area contributed by atoms with E-state index in [0.29, 0.717) is 5.92 Å². The minimum absolute atomic E-state index is 0.249. The zero-order chi connectivity index (χ0) is 19.9. The van der Waals surface area contributed by atoms with E-state index in [1.54, 1.807) is 0 Å². The molecule has 0 aliphatic carbocycles. The van der Waals surface area contributed by atoms with Crippen molar-refractivity contribution < 1.29 is 0 Å². The van der Waals surface area contributed by atoms with Crippen LogP contribution >= 0.6 is 0 Å². The third kappa shape index (κ3) is 3.63. The maximum atomic E-state index is 2.30. The minimum atomic E-state index is -0.249. The first-order valence-corrected chi connectivity index (χ1v) is 10.6. The lowest BCUT2D eigenvalue weighted by Gasteiger charge is -2.43. The van der Waals surface area contributed by atoms with Crippen LogP contribution in [0.25, 0.3) is 0 Å². The zero-order valence-corrected chi connectivity index (χ0v) is 17.0. The molecule has 0 aliphatic heterocycles. The normalized spacial score (nSPS) is 12.4. The van der Waals surface area contributed by atoms with E-state index in [1.165, 1.54) is 22.3 Å². The highest BCUT2D eigenvalue weighted by atomic mass is 14.4. The fourth-order valence-corrected chi connectivity index (χ4v) is 4.81. The molecule has 144 valence electrons. The summed E-state index contributed by atoms with van der Waals surface area (Å²) in [4.78, 5) is 0. The monoisotopic (exact) mass is 376 g/mol. The molecule has 4 aromatic rings. The van der Waals surface area contributed by atoms with Gasteiger partial charge in [0.1, 0.15) is 0 Å². The van der Waals surface area contributed by atoms with Gasteiger partial charge in [0.25, 0.3) is 0 Å². The molecule has 4 aromatic carbocycles. The van der Waals surface area contributed by atoms with Gasteiger partial charge in [0, 0.05) is 5.92 Å². The van der Waals surface area contributed by atoms with Crippen LogP contribution in [-0.4, -0.2) is 0 Å². The second-order valence-corrected chi connectivity index (χ2v) is 7.66. The lowest BCUT2D eigenvalue weighted by Crippen LogP contribution is -2.36. The molecule has 1 unspecified atom stereocenters. The van der Waals surface area contributed by atoms with E-state index < -0.39 is 0 Å². The SMILES string of the molecule is CCCC(c1ccccc1)C(c1ccccc1)(c1ccccc1)c1ccccc1. The van der Waals surface area contributed by atoms with Crippen LogP contribution in [0.5, 0.6) is 0 Å². The molecule has 0 aliphatic rings. The highest BCUT2D eigenvalue weighted by Gasteiger charge is 2.43. The van der Waals surface area contributed by atoms with Gasteiger partial charge in [-0.1, -0.05) is 135 Å². The molecule has 29 heavy (non-hydrogen) atoms. The summed E-state index contributed by atoms with van der Waals surface area (Å²) >= 11 is 0. The van der Waals surface area contributed by atoms with Gasteiger partial charge in [-0.15, -0.1) is 0 Å². The second kappa shape index (κ2) is 8.92. The van der Waals surface area contributed by atoms with Crippen molar-refractivity contribution in [2.24, 2.45) is 0 Å². The Morgan fingerprint density at radius 1 is 0.517 bits per heavy atom. The molecule has 0 fully saturated rings. The smallest absolute Gasteiger partial charge is 0.0519 e. The van der Waals surface area contributed by atoms with Gasteiger partial charge in [0.2, 0.25) is 0 Å². The van der Waals surface area contributed by atoms with Gasteiger partial charge in [0.15, 0.2) is 0 Å². The van der Waals surface area contributed by atoms with E-state index in [1.807, 2.05) is 0 Å². The van der Waals surface area contributed by atoms with E-state index in [2.05, 4.69) is 128 Å². The van der Waals surface area contributed by atoms with Gasteiger partial charge < -0.3 is 0 Å². The lowest BCUT2D eigenvalue weighted by molar-refractivity contribution is 0.446. The van der Waals surface area contributed by atoms with Crippen molar-refractivity contribution >= 4 is 0 Å². The maximum Gasteiger partial charge on any atom is 0.0519 e. The van der Waals surface area contributed by atoms with Crippen molar-refractivity contribution in [3.8, 4) is 0 Å². The molecule has 0 nitrogen and oxygen atoms in total. The Morgan fingerprint density at radius 2 is 0.862 bits per heavy atom. The highest BCUT2D eigenvalue weighted by Crippen LogP contribution is 2.51. The van der Waals surface area contributed by atoms with Gasteiger partial charge >= 0.3 is 0 Å². The molecule has 0 amide bonds. The number of benzene rings is 4. The molecule has 0 heterocycles. The van der Waals surface area contributed by atoms with Crippen LogP contribution in [0.3, 0.4) is 0 Å². The quantitative estimate of drug-likeness (QED) is 0.291. The molecule has 0 saturated heterocycles. The van der Waals surface area contributed by atoms with E-state index in [0.717, 1.165) is 12.8 Å². The predicted octanol–water partition coefficient (Wildman–Crippen LogP) is 7.60. The first-order chi connectivity index (χ1) is 14.4. The molecule has 0 bridgehead atoms. The molecule has 1 atom stereocenters. The summed E-state index contributed by atoms with van der Waals surface area (Å²) < 4.78 is 0. The lowest BCUT2D eigenvalue weighted by atomic mass is 9.59. The van der Waals surface area contributed by atoms with Crippen molar-refractivity contribution in [3.05, 3.63) is 144 Å². The number of hydrogen-bond acceptors (Lipinski definition) is 0. The average Bonchev–Trinajstić information content (AvgIpc) is 2.82. The third-order valence-corrected chi connectivity index (χ3v) is 5.99. The molecular weight excluding hydrogens is 348 g/mol. The number of hydrogen-bond donors (Lipinski definition) is 0. The Hall–Kier alpha value is -3.12. The van der Waals surface area contributed by atoms with Crippen LogP contribution < -0.4 is 0 Å². The topological polar surface area (TPSA) is 0 Å². The van der Waals surface area contributed by atoms with E-state index >= 15 is 0 Å². The van der Waals surface area contributed by atoms with E-state index in [-0.39, 0.29) is 5.41 Å². The summed E-state index contributed by atoms with van der Waals surface area (Å²) in [5.41, 5.74) is 5.19. The van der Waals surface area contributed by atoms with E-state index in [9.17, 15) is 0 Å². The predicted molar refractivity (Wildman–Crippen MR) is 123 cm³/mol. The molecule has 0 aromatic heterocycles. The summed E-state index contributed by atoms with van der Waals surface area (Å²) in [5, 5.41) is 0. The van der Waals surface area contributed by atoms with Gasteiger partial charge in [-0.2, -0.15) is 0 Å². The molecule has 0 saturated carbocycles. The van der Waals surface area contributed by atoms with Crippen LogP contribution in [0.15, 0.2) is 121 Å². The molecule has 4 rings (SSSR count). The van der Waals surface area contributed by atoms with Crippen molar-refractivity contribution in [2.75, 3.05) is 0 Å². The van der Waals surface area contributed by atoms with Crippen LogP contribution in [0.2, 0.25) is 0 Å². The summed E-state index contributed by atoms with van der Waals surface area (Å²) in [6, 6.07) is 44.2. The zero-order valence-electron chi connectivity index (χ0n) is 17.0. The maximum absolute atomic E-state index is 2.30. The third-order valence-electron chi connectivity index (χ3n) is 5.99. The minimum Gasteiger partial charge on any atom is -0.0654 e. The van der Waals surface area contributed by atoms with Crippen molar-refractivity contribution in [1.29, 1.82) is 0 Å². The Morgan fingerprint density at radius 3 is 1.21 bits per heavy atom. The fourth-order valence-electron chi connectivity index (χ4n) is 4.81. The van der Waals surface area contributed by atoms with Gasteiger partial charge in [-0.05, 0) is 28.7 Å². The summed E-state index contributed by atoms with van der Waals surface area (Å²) in [5.74, 6) is 0.334. The van der Waals surface area contributed by atoms with Crippen LogP contribution in [-0.2, 0) is 5.41 Å². The second-order valence-electron chi connectivity index (χ2n) is 7.66. The van der Waals surface area contributed by atoms with Crippen molar-refractivity contribution in [3.63, 3.8) is 0 Å². The molecule has 0 heteroatoms. The number of rotatable bonds is 7. The van der Waals surface area contributed by atoms with Crippen LogP contribution in [0.4, 0.5) is 0 Å². The fraction of sp³-hybridized carbons (Fsp3) is 0.172.